The van der Waals surface area contributed by atoms with Crippen LogP contribution in [0.3, 0.4) is 0 Å². The minimum Gasteiger partial charge on any atom is -0.479 e. The summed E-state index contributed by atoms with van der Waals surface area (Å²) in [6, 6.07) is 11.4. The number of nitrogen functional groups attached to an aromatic ring is 1. The highest BCUT2D eigenvalue weighted by Crippen LogP contribution is 2.48. The SMILES string of the molecule is COc1nc(N)nc2c1ncn2C1O[C@H](COP(=O)(N[C@@H](C)C(=O)OCC(C)C)Oc2cccc3ccccc23)[C@@H](O)[C@@]1(C)O. The van der Waals surface area contributed by atoms with Crippen LogP contribution in [0.1, 0.15) is 33.9 Å². The Balaban J connectivity index is 1.40. The van der Waals surface area contributed by atoms with Crippen molar-refractivity contribution in [3.05, 3.63) is 48.8 Å². The van der Waals surface area contributed by atoms with Crippen molar-refractivity contribution in [1.29, 1.82) is 0 Å². The summed E-state index contributed by atoms with van der Waals surface area (Å²) in [7, 11) is -2.96. The molecule has 1 aliphatic heterocycles. The number of carbonyl (C=O) groups is 1. The Morgan fingerprint density at radius 3 is 2.67 bits per heavy atom. The van der Waals surface area contributed by atoms with Gasteiger partial charge >= 0.3 is 13.7 Å². The van der Waals surface area contributed by atoms with Gasteiger partial charge in [0.05, 0.1) is 26.7 Å². The van der Waals surface area contributed by atoms with Crippen LogP contribution in [0.25, 0.3) is 21.9 Å². The van der Waals surface area contributed by atoms with E-state index >= 15 is 0 Å². The van der Waals surface area contributed by atoms with E-state index in [-0.39, 0.29) is 41.3 Å². The Morgan fingerprint density at radius 2 is 1.93 bits per heavy atom. The predicted molar refractivity (Wildman–Crippen MR) is 163 cm³/mol. The summed E-state index contributed by atoms with van der Waals surface area (Å²) < 4.78 is 44.0. The lowest BCUT2D eigenvalue weighted by Gasteiger charge is -2.27. The maximum Gasteiger partial charge on any atom is 0.459 e. The Bertz CT molecular complexity index is 1730. The van der Waals surface area contributed by atoms with E-state index in [0.717, 1.165) is 5.39 Å². The molecule has 242 valence electrons. The molecule has 45 heavy (non-hydrogen) atoms. The number of imidazole rings is 1. The Hall–Kier alpha value is -3.85. The molecule has 1 fully saturated rings. The van der Waals surface area contributed by atoms with Crippen LogP contribution in [0.5, 0.6) is 11.6 Å². The molecule has 5 rings (SSSR count). The van der Waals surface area contributed by atoms with Crippen molar-refractivity contribution in [1.82, 2.24) is 24.6 Å². The second kappa shape index (κ2) is 12.9. The van der Waals surface area contributed by atoms with Gasteiger partial charge in [-0.1, -0.05) is 50.2 Å². The number of anilines is 1. The topological polar surface area (TPSA) is 202 Å². The highest BCUT2D eigenvalue weighted by Gasteiger charge is 2.54. The van der Waals surface area contributed by atoms with Crippen molar-refractivity contribution >= 4 is 41.6 Å². The predicted octanol–water partition coefficient (Wildman–Crippen LogP) is 2.96. The number of benzene rings is 2. The quantitative estimate of drug-likeness (QED) is 0.129. The fourth-order valence-electron chi connectivity index (χ4n) is 4.93. The number of nitrogens with two attached hydrogens (primary N) is 1. The smallest absolute Gasteiger partial charge is 0.459 e. The first-order chi connectivity index (χ1) is 21.3. The average molecular weight is 645 g/mol. The molecular weight excluding hydrogens is 607 g/mol. The minimum atomic E-state index is -4.36. The van der Waals surface area contributed by atoms with E-state index in [1.165, 1.54) is 31.9 Å². The standard InChI is InChI=1S/C29H37N6O9P/c1-16(2)13-41-26(37)17(3)34-45(39,44-20-12-8-10-18-9-6-7-11-19(18)20)42-14-21-23(36)29(4,38)27(43-21)35-15-31-22-24(35)32-28(30)33-25(22)40-5/h6-12,15-17,21,23,27,36,38H,13-14H2,1-5H3,(H,34,39)(H2,30,32,33)/t17-,21+,23+,27?,29+,45?/m0/s1. The van der Waals surface area contributed by atoms with E-state index in [0.29, 0.717) is 5.39 Å². The van der Waals surface area contributed by atoms with E-state index in [2.05, 4.69) is 20.0 Å². The molecule has 0 saturated carbocycles. The van der Waals surface area contributed by atoms with E-state index in [1.54, 1.807) is 24.3 Å². The van der Waals surface area contributed by atoms with Crippen LogP contribution in [0.4, 0.5) is 5.95 Å². The highest BCUT2D eigenvalue weighted by molar-refractivity contribution is 7.52. The summed E-state index contributed by atoms with van der Waals surface area (Å²) >= 11 is 0. The molecule has 1 aliphatic rings. The Kier molecular flexibility index (Phi) is 9.31. The third-order valence-corrected chi connectivity index (χ3v) is 8.88. The van der Waals surface area contributed by atoms with Crippen molar-refractivity contribution in [3.8, 4) is 11.6 Å². The summed E-state index contributed by atoms with van der Waals surface area (Å²) in [5.41, 5.74) is 4.40. The van der Waals surface area contributed by atoms with Gasteiger partial charge in [-0.15, -0.1) is 0 Å². The number of esters is 1. The van der Waals surface area contributed by atoms with Crippen LogP contribution in [-0.2, 0) is 23.4 Å². The number of methoxy groups -OCH3 is 1. The number of aromatic nitrogens is 4. The maximum atomic E-state index is 14.3. The number of aliphatic hydroxyl groups excluding tert-OH is 1. The first-order valence-corrected chi connectivity index (χ1v) is 15.8. The minimum absolute atomic E-state index is 0.0921. The Morgan fingerprint density at radius 1 is 1.20 bits per heavy atom. The van der Waals surface area contributed by atoms with Crippen LogP contribution in [-0.4, -0.2) is 79.9 Å². The third-order valence-electron chi connectivity index (χ3n) is 7.25. The maximum absolute atomic E-state index is 14.3. The van der Waals surface area contributed by atoms with Crippen molar-refractivity contribution in [2.45, 2.75) is 57.8 Å². The molecule has 0 bridgehead atoms. The number of carbonyl (C=O) groups excluding carboxylic acids is 1. The number of rotatable bonds is 12. The van der Waals surface area contributed by atoms with Crippen molar-refractivity contribution in [2.24, 2.45) is 5.92 Å². The number of hydrogen-bond donors (Lipinski definition) is 4. The molecule has 0 spiro atoms. The summed E-state index contributed by atoms with van der Waals surface area (Å²) in [6.45, 7) is 6.28. The molecule has 1 saturated heterocycles. The first kappa shape index (κ1) is 32.5. The number of ether oxygens (including phenoxy) is 3. The second-order valence-electron chi connectivity index (χ2n) is 11.3. The number of nitrogens with zero attached hydrogens (tertiary/aromatic N) is 4. The van der Waals surface area contributed by atoms with Gasteiger partial charge < -0.3 is 34.7 Å². The summed E-state index contributed by atoms with van der Waals surface area (Å²) in [5.74, 6) is -0.307. The zero-order valence-electron chi connectivity index (χ0n) is 25.5. The molecule has 15 nitrogen and oxygen atoms in total. The lowest BCUT2D eigenvalue weighted by atomic mass is 9.96. The van der Waals surface area contributed by atoms with E-state index < -0.39 is 50.4 Å². The van der Waals surface area contributed by atoms with Gasteiger partial charge in [0.1, 0.15) is 29.6 Å². The van der Waals surface area contributed by atoms with Crippen LogP contribution >= 0.6 is 7.75 Å². The van der Waals surface area contributed by atoms with Crippen LogP contribution in [0.2, 0.25) is 0 Å². The third kappa shape index (κ3) is 6.73. The van der Waals surface area contributed by atoms with Crippen molar-refractivity contribution < 1.29 is 42.8 Å². The number of fused-ring (bicyclic) bond motifs is 2. The molecular formula is C29H37N6O9P. The van der Waals surface area contributed by atoms with Gasteiger partial charge in [0.25, 0.3) is 0 Å². The molecule has 0 radical (unpaired) electrons. The summed E-state index contributed by atoms with van der Waals surface area (Å²) in [4.78, 5) is 25.1. The van der Waals surface area contributed by atoms with E-state index in [4.69, 9.17) is 29.0 Å². The van der Waals surface area contributed by atoms with Gasteiger partial charge in [-0.2, -0.15) is 15.1 Å². The molecule has 0 aliphatic carbocycles. The Labute approximate surface area is 259 Å². The van der Waals surface area contributed by atoms with Crippen LogP contribution in [0.15, 0.2) is 48.8 Å². The van der Waals surface area contributed by atoms with Gasteiger partial charge in [0.15, 0.2) is 17.4 Å². The molecule has 6 atom stereocenters. The number of nitrogens with one attached hydrogen (secondary N) is 1. The zero-order chi connectivity index (χ0) is 32.5. The summed E-state index contributed by atoms with van der Waals surface area (Å²) in [5, 5.41) is 26.6. The lowest BCUT2D eigenvalue weighted by molar-refractivity contribution is -0.146. The molecule has 2 aromatic heterocycles. The molecule has 2 unspecified atom stereocenters. The van der Waals surface area contributed by atoms with Crippen molar-refractivity contribution in [3.63, 3.8) is 0 Å². The molecule has 0 amide bonds. The largest absolute Gasteiger partial charge is 0.479 e. The van der Waals surface area contributed by atoms with Gasteiger partial charge in [-0.25, -0.2) is 9.55 Å². The number of aliphatic hydroxyl groups is 2. The molecule has 5 N–H and O–H groups in total. The second-order valence-corrected chi connectivity index (χ2v) is 13.0. The fourth-order valence-corrected chi connectivity index (χ4v) is 6.45. The zero-order valence-corrected chi connectivity index (χ0v) is 26.4. The van der Waals surface area contributed by atoms with Gasteiger partial charge in [0.2, 0.25) is 11.8 Å². The average Bonchev–Trinajstić information content (AvgIpc) is 3.51. The van der Waals surface area contributed by atoms with E-state index in [9.17, 15) is 19.6 Å². The van der Waals surface area contributed by atoms with Crippen LogP contribution in [0, 0.1) is 5.92 Å². The highest BCUT2D eigenvalue weighted by atomic mass is 31.2. The monoisotopic (exact) mass is 644 g/mol. The lowest BCUT2D eigenvalue weighted by Crippen LogP contribution is -2.44. The molecule has 3 heterocycles. The van der Waals surface area contributed by atoms with Crippen molar-refractivity contribution in [2.75, 3.05) is 26.1 Å². The van der Waals surface area contributed by atoms with E-state index in [1.807, 2.05) is 32.0 Å². The number of hydrogen-bond acceptors (Lipinski definition) is 13. The summed E-state index contributed by atoms with van der Waals surface area (Å²) in [6.07, 6.45) is -2.61. The van der Waals surface area contributed by atoms with Gasteiger partial charge in [0, 0.05) is 5.39 Å². The fraction of sp³-hybridized carbons (Fsp3) is 0.448. The first-order valence-electron chi connectivity index (χ1n) is 14.3. The van der Waals surface area contributed by atoms with Gasteiger partial charge in [-0.3, -0.25) is 13.9 Å². The van der Waals surface area contributed by atoms with Gasteiger partial charge in [-0.05, 0) is 31.2 Å². The molecule has 4 aromatic rings. The molecule has 16 heteroatoms. The normalized spacial score (nSPS) is 23.7. The van der Waals surface area contributed by atoms with Crippen LogP contribution < -0.4 is 20.1 Å². The molecule has 2 aromatic carbocycles.